The van der Waals surface area contributed by atoms with Crippen LogP contribution in [-0.2, 0) is 9.53 Å². The average molecular weight is 178 g/mol. The molecule has 1 aromatic carbocycles. The molecule has 0 spiro atoms. The summed E-state index contributed by atoms with van der Waals surface area (Å²) >= 11 is 0. The first-order valence-corrected chi connectivity index (χ1v) is 4.12. The lowest BCUT2D eigenvalue weighted by Gasteiger charge is -2.04. The Kier molecular flexibility index (Phi) is 1.93. The van der Waals surface area contributed by atoms with Crippen molar-refractivity contribution in [2.45, 2.75) is 5.92 Å². The quantitative estimate of drug-likeness (QED) is 0.609. The summed E-state index contributed by atoms with van der Waals surface area (Å²) in [6.45, 7) is 0.395. The van der Waals surface area contributed by atoms with Crippen LogP contribution in [0, 0.1) is 0 Å². The van der Waals surface area contributed by atoms with Gasteiger partial charge in [-0.05, 0) is 6.07 Å². The van der Waals surface area contributed by atoms with E-state index in [4.69, 9.17) is 4.74 Å². The van der Waals surface area contributed by atoms with Gasteiger partial charge in [0.25, 0.3) is 0 Å². The van der Waals surface area contributed by atoms with Crippen molar-refractivity contribution in [3.8, 4) is 5.75 Å². The van der Waals surface area contributed by atoms with Crippen molar-refractivity contribution in [3.05, 3.63) is 29.8 Å². The summed E-state index contributed by atoms with van der Waals surface area (Å²) in [4.78, 5) is 11.3. The van der Waals surface area contributed by atoms with Crippen molar-refractivity contribution in [2.75, 3.05) is 13.7 Å². The van der Waals surface area contributed by atoms with Gasteiger partial charge in [-0.1, -0.05) is 18.2 Å². The molecule has 0 unspecified atom stereocenters. The lowest BCUT2D eigenvalue weighted by atomic mass is 10.0. The number of hydrogen-bond acceptors (Lipinski definition) is 3. The van der Waals surface area contributed by atoms with Gasteiger partial charge in [-0.15, -0.1) is 0 Å². The summed E-state index contributed by atoms with van der Waals surface area (Å²) in [6, 6.07) is 7.53. The van der Waals surface area contributed by atoms with Crippen LogP contribution in [-0.4, -0.2) is 19.7 Å². The zero-order valence-electron chi connectivity index (χ0n) is 7.32. The molecular weight excluding hydrogens is 168 g/mol. The zero-order chi connectivity index (χ0) is 9.26. The maximum Gasteiger partial charge on any atom is 0.316 e. The van der Waals surface area contributed by atoms with Crippen LogP contribution in [0.3, 0.4) is 0 Å². The Morgan fingerprint density at radius 1 is 1.54 bits per heavy atom. The summed E-state index contributed by atoms with van der Waals surface area (Å²) in [7, 11) is 1.39. The van der Waals surface area contributed by atoms with Crippen LogP contribution in [0.5, 0.6) is 5.75 Å². The highest BCUT2D eigenvalue weighted by Crippen LogP contribution is 2.33. The molecule has 1 atom stereocenters. The number of carbonyl (C=O) groups is 1. The summed E-state index contributed by atoms with van der Waals surface area (Å²) in [5.74, 6) is 0.309. The highest BCUT2D eigenvalue weighted by Gasteiger charge is 2.30. The van der Waals surface area contributed by atoms with Crippen molar-refractivity contribution >= 4 is 5.97 Å². The maximum atomic E-state index is 11.3. The Morgan fingerprint density at radius 2 is 2.31 bits per heavy atom. The fourth-order valence-corrected chi connectivity index (χ4v) is 1.50. The molecule has 0 saturated heterocycles. The largest absolute Gasteiger partial charge is 0.492 e. The number of hydrogen-bond donors (Lipinski definition) is 0. The Labute approximate surface area is 76.3 Å². The first-order chi connectivity index (χ1) is 6.33. The van der Waals surface area contributed by atoms with E-state index in [1.54, 1.807) is 0 Å². The molecule has 0 aliphatic carbocycles. The van der Waals surface area contributed by atoms with E-state index in [0.29, 0.717) is 6.61 Å². The second kappa shape index (κ2) is 3.09. The van der Waals surface area contributed by atoms with Gasteiger partial charge in [-0.3, -0.25) is 4.79 Å². The minimum absolute atomic E-state index is 0.232. The van der Waals surface area contributed by atoms with Gasteiger partial charge < -0.3 is 9.47 Å². The van der Waals surface area contributed by atoms with Gasteiger partial charge in [0.15, 0.2) is 0 Å². The van der Waals surface area contributed by atoms with Gasteiger partial charge in [0.05, 0.1) is 7.11 Å². The van der Waals surface area contributed by atoms with Crippen LogP contribution in [0.25, 0.3) is 0 Å². The lowest BCUT2D eigenvalue weighted by molar-refractivity contribution is -0.142. The monoisotopic (exact) mass is 178 g/mol. The summed E-state index contributed by atoms with van der Waals surface area (Å²) in [6.07, 6.45) is 0. The van der Waals surface area contributed by atoms with E-state index < -0.39 is 0 Å². The SMILES string of the molecule is COC(=O)[C@H]1COc2ccccc21. The van der Waals surface area contributed by atoms with Crippen LogP contribution in [0.1, 0.15) is 11.5 Å². The number of methoxy groups -OCH3 is 1. The smallest absolute Gasteiger partial charge is 0.316 e. The van der Waals surface area contributed by atoms with Crippen LogP contribution >= 0.6 is 0 Å². The van der Waals surface area contributed by atoms with E-state index in [9.17, 15) is 4.79 Å². The molecule has 3 heteroatoms. The molecule has 0 saturated carbocycles. The molecule has 0 N–H and O–H groups in total. The number of esters is 1. The summed E-state index contributed by atoms with van der Waals surface area (Å²) in [5, 5.41) is 0. The standard InChI is InChI=1S/C10H10O3/c1-12-10(11)8-6-13-9-5-3-2-4-7(8)9/h2-5,8H,6H2,1H3/t8-/m0/s1. The maximum absolute atomic E-state index is 11.3. The summed E-state index contributed by atoms with van der Waals surface area (Å²) < 4.78 is 10.0. The molecule has 3 nitrogen and oxygen atoms in total. The Bertz CT molecular complexity index is 333. The van der Waals surface area contributed by atoms with Gasteiger partial charge in [0.2, 0.25) is 0 Å². The molecule has 0 aromatic heterocycles. The number of para-hydroxylation sites is 1. The first kappa shape index (κ1) is 8.10. The number of fused-ring (bicyclic) bond motifs is 1. The van der Waals surface area contributed by atoms with Crippen LogP contribution in [0.4, 0.5) is 0 Å². The van der Waals surface area contributed by atoms with Crippen molar-refractivity contribution < 1.29 is 14.3 Å². The highest BCUT2D eigenvalue weighted by atomic mass is 16.5. The van der Waals surface area contributed by atoms with Gasteiger partial charge in [-0.2, -0.15) is 0 Å². The Morgan fingerprint density at radius 3 is 3.08 bits per heavy atom. The Balaban J connectivity index is 2.33. The third-order valence-electron chi connectivity index (χ3n) is 2.19. The number of benzene rings is 1. The molecule has 1 aliphatic rings. The molecule has 68 valence electrons. The van der Waals surface area contributed by atoms with Crippen molar-refractivity contribution in [2.24, 2.45) is 0 Å². The predicted molar refractivity (Wildman–Crippen MR) is 46.7 cm³/mol. The van der Waals surface area contributed by atoms with E-state index in [1.807, 2.05) is 24.3 Å². The fourth-order valence-electron chi connectivity index (χ4n) is 1.50. The molecule has 0 amide bonds. The molecule has 1 heterocycles. The Hall–Kier alpha value is -1.51. The predicted octanol–water partition coefficient (Wildman–Crippen LogP) is 1.34. The molecule has 1 aromatic rings. The average Bonchev–Trinajstić information content (AvgIpc) is 2.60. The number of rotatable bonds is 1. The first-order valence-electron chi connectivity index (χ1n) is 4.12. The normalized spacial score (nSPS) is 19.0. The van der Waals surface area contributed by atoms with Crippen LogP contribution < -0.4 is 4.74 Å². The molecular formula is C10H10O3. The van der Waals surface area contributed by atoms with E-state index in [1.165, 1.54) is 7.11 Å². The van der Waals surface area contributed by atoms with Gasteiger partial charge in [0, 0.05) is 5.56 Å². The highest BCUT2D eigenvalue weighted by molar-refractivity contribution is 5.80. The minimum Gasteiger partial charge on any atom is -0.492 e. The van der Waals surface area contributed by atoms with E-state index in [-0.39, 0.29) is 11.9 Å². The topological polar surface area (TPSA) is 35.5 Å². The third kappa shape index (κ3) is 1.26. The second-order valence-corrected chi connectivity index (χ2v) is 2.92. The molecule has 13 heavy (non-hydrogen) atoms. The van der Waals surface area contributed by atoms with Crippen molar-refractivity contribution in [1.29, 1.82) is 0 Å². The summed E-state index contributed by atoms with van der Waals surface area (Å²) in [5.41, 5.74) is 0.925. The van der Waals surface area contributed by atoms with Gasteiger partial charge in [-0.25, -0.2) is 0 Å². The molecule has 0 bridgehead atoms. The van der Waals surface area contributed by atoms with E-state index in [2.05, 4.69) is 4.74 Å². The molecule has 1 aliphatic heterocycles. The lowest BCUT2D eigenvalue weighted by Crippen LogP contribution is -2.15. The second-order valence-electron chi connectivity index (χ2n) is 2.92. The van der Waals surface area contributed by atoms with Crippen LogP contribution in [0.2, 0.25) is 0 Å². The van der Waals surface area contributed by atoms with Crippen molar-refractivity contribution in [1.82, 2.24) is 0 Å². The zero-order valence-corrected chi connectivity index (χ0v) is 7.32. The third-order valence-corrected chi connectivity index (χ3v) is 2.19. The van der Waals surface area contributed by atoms with Gasteiger partial charge in [0.1, 0.15) is 18.3 Å². The molecule has 0 radical (unpaired) electrons. The molecule has 0 fully saturated rings. The minimum atomic E-state index is -0.249. The van der Waals surface area contributed by atoms with Gasteiger partial charge >= 0.3 is 5.97 Å². The number of carbonyl (C=O) groups excluding carboxylic acids is 1. The number of ether oxygens (including phenoxy) is 2. The van der Waals surface area contributed by atoms with E-state index in [0.717, 1.165) is 11.3 Å². The fraction of sp³-hybridized carbons (Fsp3) is 0.300. The molecule has 2 rings (SSSR count). The van der Waals surface area contributed by atoms with Crippen LogP contribution in [0.15, 0.2) is 24.3 Å². The van der Waals surface area contributed by atoms with E-state index >= 15 is 0 Å². The van der Waals surface area contributed by atoms with Crippen molar-refractivity contribution in [3.63, 3.8) is 0 Å².